The Hall–Kier alpha value is -2.16. The molecule has 0 bridgehead atoms. The summed E-state index contributed by atoms with van der Waals surface area (Å²) in [4.78, 5) is 25.7. The molecular formula is C21H24N4O2S2. The molecule has 2 atom stereocenters. The number of piperidine rings is 1. The maximum atomic E-state index is 13.4. The third kappa shape index (κ3) is 4.10. The summed E-state index contributed by atoms with van der Waals surface area (Å²) in [5, 5.41) is 12.2. The van der Waals surface area contributed by atoms with E-state index in [0.29, 0.717) is 17.9 Å². The molecule has 1 aliphatic heterocycles. The van der Waals surface area contributed by atoms with Crippen LogP contribution in [0.25, 0.3) is 10.7 Å². The molecular weight excluding hydrogens is 404 g/mol. The fraction of sp³-hybridized carbons (Fsp3) is 0.429. The van der Waals surface area contributed by atoms with Gasteiger partial charge in [-0.1, -0.05) is 0 Å². The second kappa shape index (κ2) is 7.93. The minimum absolute atomic E-state index is 0.0174. The van der Waals surface area contributed by atoms with Crippen LogP contribution in [0.1, 0.15) is 60.5 Å². The molecule has 0 aliphatic carbocycles. The van der Waals surface area contributed by atoms with Gasteiger partial charge in [0.25, 0.3) is 5.91 Å². The lowest BCUT2D eigenvalue weighted by atomic mass is 9.90. The highest BCUT2D eigenvalue weighted by Crippen LogP contribution is 2.35. The average molecular weight is 429 g/mol. The molecule has 1 amide bonds. The number of thiophene rings is 1. The van der Waals surface area contributed by atoms with E-state index in [0.717, 1.165) is 28.3 Å². The SMILES string of the molecule is C[C@@H]1CCC(c2cc(C(C)(C)O)sn2)CN1C(=O)c1ccsc1-c1ncccn1. The van der Waals surface area contributed by atoms with Gasteiger partial charge in [0.15, 0.2) is 5.82 Å². The fourth-order valence-electron chi connectivity index (χ4n) is 3.62. The van der Waals surface area contributed by atoms with Crippen LogP contribution in [-0.4, -0.2) is 42.8 Å². The highest BCUT2D eigenvalue weighted by molar-refractivity contribution is 7.14. The van der Waals surface area contributed by atoms with Gasteiger partial charge in [0.1, 0.15) is 0 Å². The molecule has 0 aromatic carbocycles. The number of nitrogens with zero attached hydrogens (tertiary/aromatic N) is 4. The van der Waals surface area contributed by atoms with Crippen LogP contribution in [0.5, 0.6) is 0 Å². The number of aromatic nitrogens is 3. The average Bonchev–Trinajstić information content (AvgIpc) is 3.38. The van der Waals surface area contributed by atoms with Gasteiger partial charge in [-0.2, -0.15) is 4.37 Å². The first-order valence-electron chi connectivity index (χ1n) is 9.70. The predicted octanol–water partition coefficient (Wildman–Crippen LogP) is 4.30. The molecule has 8 heteroatoms. The molecule has 0 radical (unpaired) electrons. The molecule has 4 heterocycles. The predicted molar refractivity (Wildman–Crippen MR) is 115 cm³/mol. The van der Waals surface area contributed by atoms with Crippen LogP contribution in [0, 0.1) is 0 Å². The highest BCUT2D eigenvalue weighted by atomic mass is 32.1. The third-order valence-corrected chi connectivity index (χ3v) is 7.38. The number of likely N-dealkylation sites (tertiary alicyclic amines) is 1. The van der Waals surface area contributed by atoms with Crippen molar-refractivity contribution in [2.45, 2.75) is 51.2 Å². The van der Waals surface area contributed by atoms with Gasteiger partial charge in [0.05, 0.1) is 26.6 Å². The Morgan fingerprint density at radius 2 is 2.03 bits per heavy atom. The molecule has 1 saturated heterocycles. The summed E-state index contributed by atoms with van der Waals surface area (Å²) in [6.07, 6.45) is 5.29. The van der Waals surface area contributed by atoms with Gasteiger partial charge >= 0.3 is 0 Å². The maximum Gasteiger partial charge on any atom is 0.255 e. The van der Waals surface area contributed by atoms with Crippen molar-refractivity contribution < 1.29 is 9.90 Å². The van der Waals surface area contributed by atoms with Crippen LogP contribution in [-0.2, 0) is 5.60 Å². The van der Waals surface area contributed by atoms with Gasteiger partial charge < -0.3 is 10.0 Å². The first kappa shape index (κ1) is 20.1. The lowest BCUT2D eigenvalue weighted by molar-refractivity contribution is 0.0608. The van der Waals surface area contributed by atoms with Crippen LogP contribution >= 0.6 is 22.9 Å². The van der Waals surface area contributed by atoms with Gasteiger partial charge in [-0.15, -0.1) is 11.3 Å². The molecule has 0 spiro atoms. The summed E-state index contributed by atoms with van der Waals surface area (Å²) in [5.74, 6) is 0.780. The zero-order chi connectivity index (χ0) is 20.6. The van der Waals surface area contributed by atoms with Gasteiger partial charge in [0, 0.05) is 30.9 Å². The number of rotatable bonds is 4. The van der Waals surface area contributed by atoms with E-state index in [1.807, 2.05) is 22.4 Å². The highest BCUT2D eigenvalue weighted by Gasteiger charge is 2.33. The maximum absolute atomic E-state index is 13.4. The molecule has 152 valence electrons. The van der Waals surface area contributed by atoms with Crippen LogP contribution in [0.4, 0.5) is 0 Å². The summed E-state index contributed by atoms with van der Waals surface area (Å²) in [7, 11) is 0. The van der Waals surface area contributed by atoms with Crippen LogP contribution in [0.3, 0.4) is 0 Å². The van der Waals surface area contributed by atoms with Gasteiger partial charge in [0.2, 0.25) is 0 Å². The molecule has 0 saturated carbocycles. The first-order valence-corrected chi connectivity index (χ1v) is 11.3. The molecule has 3 aromatic rings. The van der Waals surface area contributed by atoms with Crippen LogP contribution in [0.15, 0.2) is 36.0 Å². The van der Waals surface area contributed by atoms with Crippen molar-refractivity contribution >= 4 is 28.8 Å². The Labute approximate surface area is 178 Å². The van der Waals surface area contributed by atoms with E-state index in [9.17, 15) is 9.90 Å². The van der Waals surface area contributed by atoms with E-state index >= 15 is 0 Å². The quantitative estimate of drug-likeness (QED) is 0.670. The van der Waals surface area contributed by atoms with E-state index < -0.39 is 5.60 Å². The van der Waals surface area contributed by atoms with Crippen molar-refractivity contribution in [2.75, 3.05) is 6.54 Å². The molecule has 29 heavy (non-hydrogen) atoms. The smallest absolute Gasteiger partial charge is 0.255 e. The summed E-state index contributed by atoms with van der Waals surface area (Å²) < 4.78 is 4.58. The second-order valence-electron chi connectivity index (χ2n) is 7.99. The minimum atomic E-state index is -0.894. The Bertz CT molecular complexity index is 994. The molecule has 1 aliphatic rings. The number of carbonyl (C=O) groups excluding carboxylic acids is 1. The minimum Gasteiger partial charge on any atom is -0.385 e. The Kier molecular flexibility index (Phi) is 5.50. The zero-order valence-electron chi connectivity index (χ0n) is 16.7. The largest absolute Gasteiger partial charge is 0.385 e. The van der Waals surface area contributed by atoms with Crippen LogP contribution < -0.4 is 0 Å². The standard InChI is InChI=1S/C21H24N4O2S2/c1-13-5-6-14(16-11-17(29-24-16)21(2,3)27)12-25(13)20(26)15-7-10-28-18(15)19-22-8-4-9-23-19/h4,7-11,13-14,27H,5-6,12H2,1-3H3/t13-,14?/m1/s1. The van der Waals surface area contributed by atoms with Crippen molar-refractivity contribution in [1.82, 2.24) is 19.2 Å². The molecule has 4 rings (SSSR count). The molecule has 1 unspecified atom stereocenters. The molecule has 3 aromatic heterocycles. The zero-order valence-corrected chi connectivity index (χ0v) is 18.3. The van der Waals surface area contributed by atoms with Crippen LogP contribution in [0.2, 0.25) is 0 Å². The summed E-state index contributed by atoms with van der Waals surface area (Å²) >= 11 is 2.83. The van der Waals surface area contributed by atoms with Gasteiger partial charge in [-0.05, 0) is 68.7 Å². The van der Waals surface area contributed by atoms with Crippen molar-refractivity contribution in [1.29, 1.82) is 0 Å². The number of carbonyl (C=O) groups is 1. The lowest BCUT2D eigenvalue weighted by Gasteiger charge is -2.37. The fourth-order valence-corrected chi connectivity index (χ4v) is 5.26. The Morgan fingerprint density at radius 3 is 2.72 bits per heavy atom. The number of hydrogen-bond donors (Lipinski definition) is 1. The second-order valence-corrected chi connectivity index (χ2v) is 9.71. The molecule has 1 N–H and O–H groups in total. The van der Waals surface area contributed by atoms with E-state index in [1.165, 1.54) is 22.9 Å². The third-order valence-electron chi connectivity index (χ3n) is 5.36. The summed E-state index contributed by atoms with van der Waals surface area (Å²) in [6, 6.07) is 5.79. The van der Waals surface area contributed by atoms with Gasteiger partial charge in [-0.25, -0.2) is 9.97 Å². The van der Waals surface area contributed by atoms with E-state index in [4.69, 9.17) is 0 Å². The topological polar surface area (TPSA) is 79.2 Å². The summed E-state index contributed by atoms with van der Waals surface area (Å²) in [6.45, 7) is 6.27. The Morgan fingerprint density at radius 1 is 1.28 bits per heavy atom. The van der Waals surface area contributed by atoms with Gasteiger partial charge in [-0.3, -0.25) is 4.79 Å². The molecule has 6 nitrogen and oxygen atoms in total. The molecule has 1 fully saturated rings. The normalized spacial score (nSPS) is 20.1. The van der Waals surface area contributed by atoms with E-state index in [-0.39, 0.29) is 17.9 Å². The van der Waals surface area contributed by atoms with Crippen molar-refractivity contribution in [3.63, 3.8) is 0 Å². The van der Waals surface area contributed by atoms with Crippen molar-refractivity contribution in [3.8, 4) is 10.7 Å². The van der Waals surface area contributed by atoms with E-state index in [2.05, 4.69) is 21.3 Å². The number of hydrogen-bond acceptors (Lipinski definition) is 7. The van der Waals surface area contributed by atoms with E-state index in [1.54, 1.807) is 32.3 Å². The number of amides is 1. The first-order chi connectivity index (χ1) is 13.8. The summed E-state index contributed by atoms with van der Waals surface area (Å²) in [5.41, 5.74) is 0.729. The van der Waals surface area contributed by atoms with Crippen molar-refractivity contribution in [2.24, 2.45) is 0 Å². The number of aliphatic hydroxyl groups is 1. The van der Waals surface area contributed by atoms with Crippen molar-refractivity contribution in [3.05, 3.63) is 52.1 Å². The Balaban J connectivity index is 1.58. The monoisotopic (exact) mass is 428 g/mol. The lowest BCUT2D eigenvalue weighted by Crippen LogP contribution is -2.45.